The van der Waals surface area contributed by atoms with E-state index in [-0.39, 0.29) is 11.8 Å². The maximum atomic E-state index is 13.5. The van der Waals surface area contributed by atoms with Crippen molar-refractivity contribution in [1.82, 2.24) is 0 Å². The molecular weight excluding hydrogens is 403 g/mol. The minimum Gasteiger partial charge on any atom is -0.493 e. The largest absolute Gasteiger partial charge is 0.493 e. The van der Waals surface area contributed by atoms with Crippen molar-refractivity contribution < 1.29 is 18.7 Å². The maximum absolute atomic E-state index is 13.5. The first kappa shape index (κ1) is 23.7. The Morgan fingerprint density at radius 2 is 1.77 bits per heavy atom. The topological polar surface area (TPSA) is 35.5 Å². The molecule has 3 nitrogen and oxygen atoms in total. The molecule has 0 aliphatic carbocycles. The maximum Gasteiger partial charge on any atom is 0.331 e. The number of halogens is 2. The molecule has 0 heterocycles. The summed E-state index contributed by atoms with van der Waals surface area (Å²) in [7, 11) is 0. The lowest BCUT2D eigenvalue weighted by molar-refractivity contribution is -0.148. The lowest BCUT2D eigenvalue weighted by atomic mass is 9.98. The molecule has 0 saturated heterocycles. The van der Waals surface area contributed by atoms with Gasteiger partial charge in [-0.1, -0.05) is 48.9 Å². The number of hydrogen-bond acceptors (Lipinski definition) is 3. The number of hydrogen-bond donors (Lipinski definition) is 0. The van der Waals surface area contributed by atoms with Crippen LogP contribution in [0.3, 0.4) is 0 Å². The van der Waals surface area contributed by atoms with Crippen molar-refractivity contribution in [2.45, 2.75) is 46.6 Å². The second-order valence-electron chi connectivity index (χ2n) is 7.71. The van der Waals surface area contributed by atoms with Crippen molar-refractivity contribution >= 4 is 35.0 Å². The molecule has 0 saturated carbocycles. The fraction of sp³-hybridized carbons (Fsp3) is 0.320. The van der Waals surface area contributed by atoms with Gasteiger partial charge >= 0.3 is 5.97 Å². The van der Waals surface area contributed by atoms with Crippen LogP contribution in [0.1, 0.15) is 57.7 Å². The minimum atomic E-state index is -0.527. The first-order valence-electron chi connectivity index (χ1n) is 9.97. The third-order valence-electron chi connectivity index (χ3n) is 4.16. The van der Waals surface area contributed by atoms with Crippen molar-refractivity contribution in [3.05, 3.63) is 76.1 Å². The summed E-state index contributed by atoms with van der Waals surface area (Å²) in [5, 5.41) is 0.348. The summed E-state index contributed by atoms with van der Waals surface area (Å²) in [5.74, 6) is -0.0600. The van der Waals surface area contributed by atoms with Gasteiger partial charge in [0.2, 0.25) is 0 Å². The molecule has 0 atom stereocenters. The zero-order valence-electron chi connectivity index (χ0n) is 18.1. The molecule has 0 aliphatic rings. The Morgan fingerprint density at radius 1 is 1.10 bits per heavy atom. The molecule has 0 aromatic heterocycles. The summed E-state index contributed by atoms with van der Waals surface area (Å²) >= 11 is 6.29. The highest BCUT2D eigenvalue weighted by Crippen LogP contribution is 2.34. The number of rotatable bonds is 7. The van der Waals surface area contributed by atoms with E-state index < -0.39 is 5.60 Å². The molecule has 160 valence electrons. The van der Waals surface area contributed by atoms with Crippen molar-refractivity contribution in [3.8, 4) is 0 Å². The van der Waals surface area contributed by atoms with Crippen LogP contribution in [0.4, 0.5) is 4.39 Å². The van der Waals surface area contributed by atoms with Crippen LogP contribution in [-0.2, 0) is 14.3 Å². The number of esters is 1. The van der Waals surface area contributed by atoms with Crippen LogP contribution in [0.15, 0.2) is 48.5 Å². The van der Waals surface area contributed by atoms with Crippen LogP contribution in [0, 0.1) is 5.82 Å². The van der Waals surface area contributed by atoms with E-state index in [0.29, 0.717) is 23.8 Å². The normalized spacial score (nSPS) is 12.6. The number of benzene rings is 2. The third kappa shape index (κ3) is 6.74. The van der Waals surface area contributed by atoms with Crippen molar-refractivity contribution in [2.24, 2.45) is 0 Å². The molecule has 0 N–H and O–H groups in total. The molecule has 30 heavy (non-hydrogen) atoms. The van der Waals surface area contributed by atoms with E-state index in [4.69, 9.17) is 21.1 Å². The summed E-state index contributed by atoms with van der Waals surface area (Å²) in [4.78, 5) is 11.9. The van der Waals surface area contributed by atoms with Gasteiger partial charge in [0.25, 0.3) is 0 Å². The molecule has 2 rings (SSSR count). The van der Waals surface area contributed by atoms with E-state index in [1.807, 2.05) is 58.9 Å². The zero-order valence-corrected chi connectivity index (χ0v) is 18.8. The van der Waals surface area contributed by atoms with E-state index in [0.717, 1.165) is 22.3 Å². The van der Waals surface area contributed by atoms with Gasteiger partial charge in [0.05, 0.1) is 11.6 Å². The van der Waals surface area contributed by atoms with Gasteiger partial charge in [-0.05, 0) is 57.9 Å². The lowest BCUT2D eigenvalue weighted by Gasteiger charge is -2.18. The van der Waals surface area contributed by atoms with E-state index >= 15 is 0 Å². The minimum absolute atomic E-state index is 0.348. The molecule has 0 unspecified atom stereocenters. The van der Waals surface area contributed by atoms with Crippen LogP contribution in [0.25, 0.3) is 17.4 Å². The molecule has 0 bridgehead atoms. The Hall–Kier alpha value is -2.59. The SMILES string of the molecule is CCO/C(=C(\CC)c1ccc(F)cc1Cl)c1ccc(/C=C/C(=O)OC(C)(C)C)cc1. The first-order valence-corrected chi connectivity index (χ1v) is 10.3. The Kier molecular flexibility index (Phi) is 8.24. The lowest BCUT2D eigenvalue weighted by Crippen LogP contribution is -2.22. The van der Waals surface area contributed by atoms with Gasteiger partial charge in [-0.2, -0.15) is 0 Å². The Morgan fingerprint density at radius 3 is 2.30 bits per heavy atom. The van der Waals surface area contributed by atoms with Gasteiger partial charge in [-0.25, -0.2) is 9.18 Å². The summed E-state index contributed by atoms with van der Waals surface area (Å²) in [6.45, 7) is 9.89. The van der Waals surface area contributed by atoms with E-state index in [1.165, 1.54) is 18.2 Å². The standard InChI is InChI=1S/C25H28ClFO3/c1-6-20(21-14-13-19(27)16-22(21)26)24(29-7-2)18-11-8-17(9-12-18)10-15-23(28)30-25(3,4)5/h8-16H,6-7H2,1-5H3/b15-10+,24-20+. The molecule has 0 radical (unpaired) electrons. The smallest absolute Gasteiger partial charge is 0.331 e. The fourth-order valence-electron chi connectivity index (χ4n) is 2.94. The molecule has 0 amide bonds. The highest BCUT2D eigenvalue weighted by atomic mass is 35.5. The number of carbonyl (C=O) groups excluding carboxylic acids is 1. The molecule has 2 aromatic rings. The summed E-state index contributed by atoms with van der Waals surface area (Å²) in [6, 6.07) is 12.0. The van der Waals surface area contributed by atoms with Gasteiger partial charge in [-0.3, -0.25) is 0 Å². The summed E-state index contributed by atoms with van der Waals surface area (Å²) in [6.07, 6.45) is 3.79. The predicted molar refractivity (Wildman–Crippen MR) is 121 cm³/mol. The van der Waals surface area contributed by atoms with Gasteiger partial charge in [-0.15, -0.1) is 0 Å². The average Bonchev–Trinajstić information content (AvgIpc) is 2.67. The average molecular weight is 431 g/mol. The molecule has 0 spiro atoms. The number of carbonyl (C=O) groups is 1. The van der Waals surface area contributed by atoms with Gasteiger partial charge in [0.15, 0.2) is 0 Å². The second-order valence-corrected chi connectivity index (χ2v) is 8.11. The summed E-state index contributed by atoms with van der Waals surface area (Å²) < 4.78 is 24.7. The van der Waals surface area contributed by atoms with E-state index in [9.17, 15) is 9.18 Å². The van der Waals surface area contributed by atoms with Crippen LogP contribution in [0.2, 0.25) is 5.02 Å². The second kappa shape index (κ2) is 10.4. The van der Waals surface area contributed by atoms with Crippen LogP contribution < -0.4 is 0 Å². The monoisotopic (exact) mass is 430 g/mol. The fourth-order valence-corrected chi connectivity index (χ4v) is 3.22. The third-order valence-corrected chi connectivity index (χ3v) is 4.48. The first-order chi connectivity index (χ1) is 14.1. The van der Waals surface area contributed by atoms with Crippen LogP contribution in [-0.4, -0.2) is 18.2 Å². The quantitative estimate of drug-likeness (QED) is 0.202. The molecule has 2 aromatic carbocycles. The van der Waals surface area contributed by atoms with Gasteiger partial charge in [0.1, 0.15) is 17.2 Å². The zero-order chi connectivity index (χ0) is 22.3. The Labute approximate surface area is 183 Å². The van der Waals surface area contributed by atoms with E-state index in [2.05, 4.69) is 0 Å². The van der Waals surface area contributed by atoms with Crippen molar-refractivity contribution in [1.29, 1.82) is 0 Å². The van der Waals surface area contributed by atoms with Gasteiger partial charge in [0, 0.05) is 22.8 Å². The molecular formula is C25H28ClFO3. The Bertz CT molecular complexity index is 938. The Balaban J connectivity index is 2.36. The van der Waals surface area contributed by atoms with E-state index in [1.54, 1.807) is 12.1 Å². The number of allylic oxidation sites excluding steroid dienone is 1. The van der Waals surface area contributed by atoms with Crippen molar-refractivity contribution in [3.63, 3.8) is 0 Å². The highest BCUT2D eigenvalue weighted by Gasteiger charge is 2.16. The van der Waals surface area contributed by atoms with Crippen LogP contribution in [0.5, 0.6) is 0 Å². The van der Waals surface area contributed by atoms with Crippen molar-refractivity contribution in [2.75, 3.05) is 6.61 Å². The molecule has 0 fully saturated rings. The van der Waals surface area contributed by atoms with Gasteiger partial charge < -0.3 is 9.47 Å². The molecule has 5 heteroatoms. The molecule has 0 aliphatic heterocycles. The van der Waals surface area contributed by atoms with Crippen LogP contribution >= 0.6 is 11.6 Å². The predicted octanol–water partition coefficient (Wildman–Crippen LogP) is 7.15. The highest BCUT2D eigenvalue weighted by molar-refractivity contribution is 6.32. The number of ether oxygens (including phenoxy) is 2. The summed E-state index contributed by atoms with van der Waals surface area (Å²) in [5.41, 5.74) is 2.86.